The van der Waals surface area contributed by atoms with Crippen molar-refractivity contribution in [1.29, 1.82) is 0 Å². The van der Waals surface area contributed by atoms with E-state index in [1.54, 1.807) is 0 Å². The quantitative estimate of drug-likeness (QED) is 0.758. The van der Waals surface area contributed by atoms with Crippen LogP contribution in [0.5, 0.6) is 0 Å². The van der Waals surface area contributed by atoms with Crippen molar-refractivity contribution in [2.24, 2.45) is 5.10 Å². The van der Waals surface area contributed by atoms with Gasteiger partial charge in [0.2, 0.25) is 0 Å². The van der Waals surface area contributed by atoms with Crippen LogP contribution in [0.15, 0.2) is 29.4 Å². The van der Waals surface area contributed by atoms with Crippen molar-refractivity contribution >= 4 is 17.2 Å². The Morgan fingerprint density at radius 1 is 1.06 bits per heavy atom. The second kappa shape index (κ2) is 4.92. The number of ketones is 1. The fourth-order valence-corrected chi connectivity index (χ4v) is 2.77. The number of carbonyl (C=O) groups is 1. The number of benzene rings is 1. The van der Waals surface area contributed by atoms with E-state index < -0.39 is 0 Å². The highest BCUT2D eigenvalue weighted by Gasteiger charge is 2.19. The normalized spacial score (nSPS) is 22.1. The Balaban J connectivity index is 1.85. The van der Waals surface area contributed by atoms with Crippen LogP contribution in [-0.2, 0) is 11.2 Å². The molecule has 1 aromatic carbocycles. The number of aryl methyl sites for hydroxylation is 1. The van der Waals surface area contributed by atoms with Gasteiger partial charge in [-0.15, -0.1) is 0 Å². The first-order chi connectivity index (χ1) is 8.83. The number of carbonyl (C=O) groups excluding carboxylic acids is 1. The average Bonchev–Trinajstić information content (AvgIpc) is 2.39. The van der Waals surface area contributed by atoms with Gasteiger partial charge in [0.05, 0.1) is 5.69 Å². The standard InChI is InChI=1S/C15H18N2O/c18-14-8-3-7-13(11-14)16-17-10-4-6-12-5-1-2-9-15(12)17/h1-2,5,9H,3-4,6-8,10-11H2. The number of hydrogen-bond acceptors (Lipinski definition) is 3. The Morgan fingerprint density at radius 2 is 1.94 bits per heavy atom. The summed E-state index contributed by atoms with van der Waals surface area (Å²) >= 11 is 0. The SMILES string of the molecule is O=C1CCCC(=NN2CCCc3ccccc32)C1. The molecule has 3 heteroatoms. The molecule has 1 aliphatic carbocycles. The highest BCUT2D eigenvalue weighted by molar-refractivity contribution is 6.04. The van der Waals surface area contributed by atoms with Crippen LogP contribution in [0.2, 0.25) is 0 Å². The van der Waals surface area contributed by atoms with E-state index in [2.05, 4.69) is 29.3 Å². The summed E-state index contributed by atoms with van der Waals surface area (Å²) in [4.78, 5) is 11.5. The van der Waals surface area contributed by atoms with Crippen molar-refractivity contribution in [3.8, 4) is 0 Å². The largest absolute Gasteiger partial charge is 0.299 e. The zero-order valence-corrected chi connectivity index (χ0v) is 10.6. The first-order valence-corrected chi connectivity index (χ1v) is 6.76. The molecule has 0 radical (unpaired) electrons. The lowest BCUT2D eigenvalue weighted by atomic mass is 9.97. The molecule has 3 nitrogen and oxygen atoms in total. The highest BCUT2D eigenvalue weighted by atomic mass is 16.1. The molecule has 1 heterocycles. The van der Waals surface area contributed by atoms with E-state index in [1.165, 1.54) is 11.3 Å². The van der Waals surface area contributed by atoms with Crippen LogP contribution in [0.25, 0.3) is 0 Å². The fraction of sp³-hybridized carbons (Fsp3) is 0.467. The number of anilines is 1. The van der Waals surface area contributed by atoms with Gasteiger partial charge in [0.15, 0.2) is 0 Å². The number of rotatable bonds is 1. The molecule has 0 spiro atoms. The fourth-order valence-electron chi connectivity index (χ4n) is 2.77. The maximum Gasteiger partial charge on any atom is 0.138 e. The minimum absolute atomic E-state index is 0.338. The molecule has 1 aromatic rings. The van der Waals surface area contributed by atoms with Gasteiger partial charge < -0.3 is 0 Å². The van der Waals surface area contributed by atoms with Crippen LogP contribution in [0, 0.1) is 0 Å². The van der Waals surface area contributed by atoms with E-state index in [9.17, 15) is 4.79 Å². The van der Waals surface area contributed by atoms with Gasteiger partial charge in [0.25, 0.3) is 0 Å². The van der Waals surface area contributed by atoms with E-state index in [-0.39, 0.29) is 0 Å². The summed E-state index contributed by atoms with van der Waals surface area (Å²) in [6, 6.07) is 8.44. The Kier molecular flexibility index (Phi) is 3.13. The molecule has 3 rings (SSSR count). The Hall–Kier alpha value is -1.64. The van der Waals surface area contributed by atoms with Crippen LogP contribution in [-0.4, -0.2) is 18.0 Å². The monoisotopic (exact) mass is 242 g/mol. The van der Waals surface area contributed by atoms with E-state index >= 15 is 0 Å². The highest BCUT2D eigenvalue weighted by Crippen LogP contribution is 2.27. The Morgan fingerprint density at radius 3 is 2.83 bits per heavy atom. The van der Waals surface area contributed by atoms with Crippen LogP contribution in [0.1, 0.15) is 37.7 Å². The third-order valence-corrected chi connectivity index (χ3v) is 3.67. The van der Waals surface area contributed by atoms with Gasteiger partial charge in [-0.1, -0.05) is 18.2 Å². The number of fused-ring (bicyclic) bond motifs is 1. The van der Waals surface area contributed by atoms with E-state index in [4.69, 9.17) is 5.10 Å². The topological polar surface area (TPSA) is 32.7 Å². The van der Waals surface area contributed by atoms with Crippen molar-refractivity contribution in [2.45, 2.75) is 38.5 Å². The number of nitrogens with zero attached hydrogens (tertiary/aromatic N) is 2. The maximum absolute atomic E-state index is 11.5. The summed E-state index contributed by atoms with van der Waals surface area (Å²) in [6.45, 7) is 0.967. The summed E-state index contributed by atoms with van der Waals surface area (Å²) in [7, 11) is 0. The maximum atomic E-state index is 11.5. The second-order valence-corrected chi connectivity index (χ2v) is 5.09. The zero-order chi connectivity index (χ0) is 12.4. The summed E-state index contributed by atoms with van der Waals surface area (Å²) in [6.07, 6.45) is 5.50. The lowest BCUT2D eigenvalue weighted by molar-refractivity contribution is -0.118. The van der Waals surface area contributed by atoms with Gasteiger partial charge in [-0.3, -0.25) is 9.80 Å². The van der Waals surface area contributed by atoms with Crippen LogP contribution in [0.4, 0.5) is 5.69 Å². The molecule has 0 N–H and O–H groups in total. The minimum atomic E-state index is 0.338. The zero-order valence-electron chi connectivity index (χ0n) is 10.6. The van der Waals surface area contributed by atoms with Crippen LogP contribution < -0.4 is 5.01 Å². The minimum Gasteiger partial charge on any atom is -0.299 e. The van der Waals surface area contributed by atoms with Gasteiger partial charge >= 0.3 is 0 Å². The van der Waals surface area contributed by atoms with Crippen molar-refractivity contribution in [3.05, 3.63) is 29.8 Å². The van der Waals surface area contributed by atoms with Crippen molar-refractivity contribution in [3.63, 3.8) is 0 Å². The molecule has 0 saturated heterocycles. The number of para-hydroxylation sites is 1. The predicted octanol–water partition coefficient (Wildman–Crippen LogP) is 2.94. The van der Waals surface area contributed by atoms with Crippen LogP contribution >= 0.6 is 0 Å². The van der Waals surface area contributed by atoms with E-state index in [0.717, 1.165) is 44.4 Å². The van der Waals surface area contributed by atoms with Gasteiger partial charge in [0, 0.05) is 25.1 Å². The molecule has 1 saturated carbocycles. The third-order valence-electron chi connectivity index (χ3n) is 3.67. The first-order valence-electron chi connectivity index (χ1n) is 6.76. The number of Topliss-reactive ketones (excluding diaryl/α,β-unsaturated/α-hetero) is 1. The number of hydrazone groups is 1. The molecule has 0 atom stereocenters. The van der Waals surface area contributed by atoms with Crippen molar-refractivity contribution in [2.75, 3.05) is 11.6 Å². The molecule has 0 bridgehead atoms. The lowest BCUT2D eigenvalue weighted by Crippen LogP contribution is -2.27. The molecule has 0 amide bonds. The van der Waals surface area contributed by atoms with Gasteiger partial charge in [0.1, 0.15) is 5.78 Å². The molecular weight excluding hydrogens is 224 g/mol. The summed E-state index contributed by atoms with van der Waals surface area (Å²) < 4.78 is 0. The molecule has 18 heavy (non-hydrogen) atoms. The smallest absolute Gasteiger partial charge is 0.138 e. The average molecular weight is 242 g/mol. The molecule has 94 valence electrons. The van der Waals surface area contributed by atoms with Crippen molar-refractivity contribution < 1.29 is 4.79 Å². The van der Waals surface area contributed by atoms with Gasteiger partial charge in [-0.25, -0.2) is 0 Å². The first kappa shape index (κ1) is 11.5. The molecular formula is C15H18N2O. The van der Waals surface area contributed by atoms with Crippen molar-refractivity contribution in [1.82, 2.24) is 0 Å². The van der Waals surface area contributed by atoms with E-state index in [1.807, 2.05) is 0 Å². The Bertz CT molecular complexity index is 493. The molecule has 0 aromatic heterocycles. The lowest BCUT2D eigenvalue weighted by Gasteiger charge is -2.28. The van der Waals surface area contributed by atoms with Gasteiger partial charge in [-0.05, 0) is 37.3 Å². The number of hydrogen-bond donors (Lipinski definition) is 0. The second-order valence-electron chi connectivity index (χ2n) is 5.09. The summed E-state index contributed by atoms with van der Waals surface area (Å²) in [5.41, 5.74) is 3.65. The van der Waals surface area contributed by atoms with Crippen LogP contribution in [0.3, 0.4) is 0 Å². The summed E-state index contributed by atoms with van der Waals surface area (Å²) in [5.74, 6) is 0.338. The molecule has 1 aliphatic heterocycles. The third kappa shape index (κ3) is 2.30. The Labute approximate surface area is 107 Å². The molecule has 2 aliphatic rings. The predicted molar refractivity (Wildman–Crippen MR) is 73.0 cm³/mol. The molecule has 1 fully saturated rings. The van der Waals surface area contributed by atoms with E-state index in [0.29, 0.717) is 12.2 Å². The van der Waals surface area contributed by atoms with Gasteiger partial charge in [-0.2, -0.15) is 5.10 Å². The summed E-state index contributed by atoms with van der Waals surface area (Å²) in [5, 5.41) is 6.81. The molecule has 0 unspecified atom stereocenters.